The monoisotopic (exact) mass is 225 g/mol. The summed E-state index contributed by atoms with van der Waals surface area (Å²) in [7, 11) is 0. The standard InChI is InChI=1S/C12H16FNO2/c1-7-3-4-10(13)8(2)12(7)9(6-14)5-11(15)16/h3-4,9H,5-6,14H2,1-2H3,(H,15,16). The normalized spacial score (nSPS) is 12.5. The Hall–Kier alpha value is -1.42. The first-order valence-corrected chi connectivity index (χ1v) is 5.14. The molecule has 0 amide bonds. The molecule has 0 aliphatic rings. The number of hydrogen-bond acceptors (Lipinski definition) is 2. The second-order valence-electron chi connectivity index (χ2n) is 3.93. The summed E-state index contributed by atoms with van der Waals surface area (Å²) in [5.74, 6) is -1.56. The third-order valence-electron chi connectivity index (χ3n) is 2.78. The van der Waals surface area contributed by atoms with Crippen molar-refractivity contribution >= 4 is 5.97 Å². The van der Waals surface area contributed by atoms with E-state index in [1.165, 1.54) is 6.07 Å². The van der Waals surface area contributed by atoms with E-state index in [4.69, 9.17) is 10.8 Å². The maximum atomic E-state index is 13.4. The summed E-state index contributed by atoms with van der Waals surface area (Å²) in [6.07, 6.45) is -0.0678. The van der Waals surface area contributed by atoms with Gasteiger partial charge in [-0.2, -0.15) is 0 Å². The van der Waals surface area contributed by atoms with Crippen LogP contribution in [0.15, 0.2) is 12.1 Å². The number of carboxylic acids is 1. The lowest BCUT2D eigenvalue weighted by Crippen LogP contribution is -2.18. The molecule has 4 heteroatoms. The third-order valence-corrected chi connectivity index (χ3v) is 2.78. The van der Waals surface area contributed by atoms with Gasteiger partial charge < -0.3 is 10.8 Å². The molecule has 0 heterocycles. The highest BCUT2D eigenvalue weighted by Crippen LogP contribution is 2.27. The molecule has 0 aromatic heterocycles. The Labute approximate surface area is 94.1 Å². The average Bonchev–Trinajstić information content (AvgIpc) is 2.22. The molecule has 3 nitrogen and oxygen atoms in total. The van der Waals surface area contributed by atoms with E-state index >= 15 is 0 Å². The minimum atomic E-state index is -0.918. The van der Waals surface area contributed by atoms with Gasteiger partial charge in [0.25, 0.3) is 0 Å². The van der Waals surface area contributed by atoms with Crippen LogP contribution in [0.25, 0.3) is 0 Å². The van der Waals surface area contributed by atoms with Crippen molar-refractivity contribution in [2.45, 2.75) is 26.2 Å². The lowest BCUT2D eigenvalue weighted by atomic mass is 9.88. The molecule has 16 heavy (non-hydrogen) atoms. The average molecular weight is 225 g/mol. The van der Waals surface area contributed by atoms with Crippen molar-refractivity contribution in [2.24, 2.45) is 5.73 Å². The van der Waals surface area contributed by atoms with Crippen LogP contribution in [0.5, 0.6) is 0 Å². The number of rotatable bonds is 4. The fraction of sp³-hybridized carbons (Fsp3) is 0.417. The third kappa shape index (κ3) is 2.58. The van der Waals surface area contributed by atoms with Crippen LogP contribution in [0.2, 0.25) is 0 Å². The Morgan fingerprint density at radius 3 is 2.62 bits per heavy atom. The maximum absolute atomic E-state index is 13.4. The molecule has 0 spiro atoms. The molecule has 1 rings (SSSR count). The maximum Gasteiger partial charge on any atom is 0.304 e. The van der Waals surface area contributed by atoms with E-state index in [2.05, 4.69) is 0 Å². The minimum Gasteiger partial charge on any atom is -0.481 e. The van der Waals surface area contributed by atoms with Crippen LogP contribution in [0.1, 0.15) is 29.0 Å². The Balaban J connectivity index is 3.18. The molecule has 0 aliphatic carbocycles. The molecule has 88 valence electrons. The van der Waals surface area contributed by atoms with Gasteiger partial charge in [0.05, 0.1) is 6.42 Å². The summed E-state index contributed by atoms with van der Waals surface area (Å²) in [4.78, 5) is 10.7. The van der Waals surface area contributed by atoms with Gasteiger partial charge >= 0.3 is 5.97 Å². The zero-order valence-corrected chi connectivity index (χ0v) is 9.46. The summed E-state index contributed by atoms with van der Waals surface area (Å²) in [6.45, 7) is 3.70. The van der Waals surface area contributed by atoms with Gasteiger partial charge in [-0.3, -0.25) is 4.79 Å². The number of nitrogens with two attached hydrogens (primary N) is 1. The van der Waals surface area contributed by atoms with Gasteiger partial charge in [-0.1, -0.05) is 6.07 Å². The number of hydrogen-bond donors (Lipinski definition) is 2. The summed E-state index contributed by atoms with van der Waals surface area (Å²) in [6, 6.07) is 3.05. The Bertz CT molecular complexity index is 404. The van der Waals surface area contributed by atoms with Crippen LogP contribution in [0, 0.1) is 19.7 Å². The van der Waals surface area contributed by atoms with Crippen LogP contribution in [-0.4, -0.2) is 17.6 Å². The highest BCUT2D eigenvalue weighted by Gasteiger charge is 2.19. The van der Waals surface area contributed by atoms with E-state index in [9.17, 15) is 9.18 Å². The lowest BCUT2D eigenvalue weighted by molar-refractivity contribution is -0.137. The fourth-order valence-corrected chi connectivity index (χ4v) is 1.98. The molecular weight excluding hydrogens is 209 g/mol. The van der Waals surface area contributed by atoms with Crippen LogP contribution in [0.4, 0.5) is 4.39 Å². The van der Waals surface area contributed by atoms with Crippen molar-refractivity contribution in [1.82, 2.24) is 0 Å². The molecule has 0 saturated carbocycles. The van der Waals surface area contributed by atoms with E-state index in [1.807, 2.05) is 6.92 Å². The Morgan fingerprint density at radius 2 is 2.12 bits per heavy atom. The fourth-order valence-electron chi connectivity index (χ4n) is 1.98. The highest BCUT2D eigenvalue weighted by atomic mass is 19.1. The summed E-state index contributed by atoms with van der Waals surface area (Å²) in [5, 5.41) is 8.78. The molecule has 0 bridgehead atoms. The van der Waals surface area contributed by atoms with Gasteiger partial charge in [-0.15, -0.1) is 0 Å². The zero-order valence-electron chi connectivity index (χ0n) is 9.46. The van der Waals surface area contributed by atoms with Crippen LogP contribution < -0.4 is 5.73 Å². The van der Waals surface area contributed by atoms with Crippen molar-refractivity contribution in [1.29, 1.82) is 0 Å². The van der Waals surface area contributed by atoms with E-state index in [0.29, 0.717) is 5.56 Å². The highest BCUT2D eigenvalue weighted by molar-refractivity contribution is 5.68. The number of carboxylic acid groups (broad SMARTS) is 1. The van der Waals surface area contributed by atoms with Gasteiger partial charge in [-0.05, 0) is 43.1 Å². The van der Waals surface area contributed by atoms with Gasteiger partial charge in [0.15, 0.2) is 0 Å². The largest absolute Gasteiger partial charge is 0.481 e. The molecule has 0 saturated heterocycles. The van der Waals surface area contributed by atoms with E-state index in [0.717, 1.165) is 11.1 Å². The molecule has 1 atom stereocenters. The lowest BCUT2D eigenvalue weighted by Gasteiger charge is -2.18. The van der Waals surface area contributed by atoms with Gasteiger partial charge in [0.1, 0.15) is 5.82 Å². The van der Waals surface area contributed by atoms with E-state index in [-0.39, 0.29) is 24.7 Å². The van der Waals surface area contributed by atoms with Gasteiger partial charge in [0.2, 0.25) is 0 Å². The Kier molecular flexibility index (Phi) is 4.01. The summed E-state index contributed by atoms with van der Waals surface area (Å²) in [5.41, 5.74) is 7.66. The molecule has 3 N–H and O–H groups in total. The van der Waals surface area contributed by atoms with Crippen LogP contribution in [0.3, 0.4) is 0 Å². The SMILES string of the molecule is Cc1ccc(F)c(C)c1C(CN)CC(=O)O. The number of benzene rings is 1. The van der Waals surface area contributed by atoms with Crippen molar-refractivity contribution < 1.29 is 14.3 Å². The van der Waals surface area contributed by atoms with Crippen molar-refractivity contribution in [3.63, 3.8) is 0 Å². The van der Waals surface area contributed by atoms with Crippen LogP contribution in [-0.2, 0) is 4.79 Å². The second kappa shape index (κ2) is 5.07. The number of aliphatic carboxylic acids is 1. The number of aryl methyl sites for hydroxylation is 1. The molecule has 0 radical (unpaired) electrons. The first-order valence-electron chi connectivity index (χ1n) is 5.14. The predicted octanol–water partition coefficient (Wildman–Crippen LogP) is 1.96. The second-order valence-corrected chi connectivity index (χ2v) is 3.93. The van der Waals surface area contributed by atoms with Crippen molar-refractivity contribution in [3.05, 3.63) is 34.6 Å². The first kappa shape index (κ1) is 12.6. The molecular formula is C12H16FNO2. The van der Waals surface area contributed by atoms with Gasteiger partial charge in [-0.25, -0.2) is 4.39 Å². The molecule has 1 aromatic rings. The molecule has 0 fully saturated rings. The predicted molar refractivity (Wildman–Crippen MR) is 59.9 cm³/mol. The Morgan fingerprint density at radius 1 is 1.50 bits per heavy atom. The topological polar surface area (TPSA) is 63.3 Å². The molecule has 0 aliphatic heterocycles. The summed E-state index contributed by atoms with van der Waals surface area (Å²) < 4.78 is 13.4. The van der Waals surface area contributed by atoms with Crippen molar-refractivity contribution in [2.75, 3.05) is 6.54 Å². The molecule has 1 aromatic carbocycles. The van der Waals surface area contributed by atoms with Gasteiger partial charge in [0, 0.05) is 5.92 Å². The van der Waals surface area contributed by atoms with E-state index in [1.54, 1.807) is 13.0 Å². The zero-order chi connectivity index (χ0) is 12.3. The smallest absolute Gasteiger partial charge is 0.304 e. The summed E-state index contributed by atoms with van der Waals surface area (Å²) >= 11 is 0. The van der Waals surface area contributed by atoms with Crippen molar-refractivity contribution in [3.8, 4) is 0 Å². The number of carbonyl (C=O) groups is 1. The molecule has 1 unspecified atom stereocenters. The first-order chi connectivity index (χ1) is 7.47. The van der Waals surface area contributed by atoms with Crippen LogP contribution >= 0.6 is 0 Å². The van der Waals surface area contributed by atoms with E-state index < -0.39 is 5.97 Å². The number of halogens is 1. The minimum absolute atomic E-state index is 0.0678. The quantitative estimate of drug-likeness (QED) is 0.823.